The Hall–Kier alpha value is -0.880. The molecule has 0 spiro atoms. The molecule has 2 fully saturated rings. The Kier molecular flexibility index (Phi) is 8.98. The number of hydrogen-bond donors (Lipinski definition) is 1. The van der Waals surface area contributed by atoms with E-state index in [4.69, 9.17) is 0 Å². The molecule has 1 aromatic carbocycles. The molecule has 3 rings (SSSR count). The van der Waals surface area contributed by atoms with Crippen LogP contribution in [0.15, 0.2) is 24.3 Å². The molecule has 24 heavy (non-hydrogen) atoms. The molecule has 2 aliphatic rings. The van der Waals surface area contributed by atoms with E-state index in [1.165, 1.54) is 12.1 Å². The Balaban J connectivity index is 0.00000144. The highest BCUT2D eigenvalue weighted by atomic mass is 35.5. The first kappa shape index (κ1) is 21.2. The lowest BCUT2D eigenvalue weighted by Gasteiger charge is -2.29. The Morgan fingerprint density at radius 3 is 2.58 bits per heavy atom. The zero-order chi connectivity index (χ0) is 15.4. The topological polar surface area (TPSA) is 35.6 Å². The first-order valence-corrected chi connectivity index (χ1v) is 8.22. The van der Waals surface area contributed by atoms with Crippen LogP contribution >= 0.6 is 24.8 Å². The van der Waals surface area contributed by atoms with Crippen molar-refractivity contribution in [1.82, 2.24) is 15.1 Å². The minimum absolute atomic E-state index is 0. The molecule has 1 amide bonds. The summed E-state index contributed by atoms with van der Waals surface area (Å²) in [6.45, 7) is 5.21. The molecule has 1 aromatic rings. The van der Waals surface area contributed by atoms with Gasteiger partial charge in [0.15, 0.2) is 0 Å². The van der Waals surface area contributed by atoms with E-state index in [1.807, 2.05) is 17.0 Å². The third-order valence-corrected chi connectivity index (χ3v) is 4.60. The van der Waals surface area contributed by atoms with Crippen LogP contribution in [-0.4, -0.2) is 54.5 Å². The molecule has 136 valence electrons. The summed E-state index contributed by atoms with van der Waals surface area (Å²) in [5.74, 6) is 0.0539. The quantitative estimate of drug-likeness (QED) is 0.878. The van der Waals surface area contributed by atoms with Gasteiger partial charge in [-0.15, -0.1) is 24.8 Å². The molecule has 2 saturated heterocycles. The standard InChI is InChI=1S/C17H24FN3O.2ClH/c18-15-6-4-14(5-7-15)13-21-10-1-3-16(21)17(22)20-11-2-8-19-9-12-20;;/h4-7,16,19H,1-3,8-13H2;2*1H. The number of carbonyl (C=O) groups excluding carboxylic acids is 1. The van der Waals surface area contributed by atoms with Crippen LogP contribution < -0.4 is 5.32 Å². The number of rotatable bonds is 3. The van der Waals surface area contributed by atoms with Crippen LogP contribution in [0, 0.1) is 5.82 Å². The number of amides is 1. The summed E-state index contributed by atoms with van der Waals surface area (Å²) in [5, 5.41) is 3.34. The van der Waals surface area contributed by atoms with Crippen LogP contribution in [-0.2, 0) is 11.3 Å². The molecule has 0 aromatic heterocycles. The predicted octanol–water partition coefficient (Wildman–Crippen LogP) is 2.46. The van der Waals surface area contributed by atoms with Crippen LogP contribution in [0.1, 0.15) is 24.8 Å². The maximum absolute atomic E-state index is 13.0. The summed E-state index contributed by atoms with van der Waals surface area (Å²) >= 11 is 0. The Morgan fingerprint density at radius 2 is 1.83 bits per heavy atom. The van der Waals surface area contributed by atoms with E-state index >= 15 is 0 Å². The Labute approximate surface area is 155 Å². The maximum atomic E-state index is 13.0. The van der Waals surface area contributed by atoms with Crippen LogP contribution in [0.4, 0.5) is 4.39 Å². The molecule has 1 atom stereocenters. The van der Waals surface area contributed by atoms with Crippen LogP contribution in [0.2, 0.25) is 0 Å². The molecule has 0 aliphatic carbocycles. The first-order chi connectivity index (χ1) is 10.7. The highest BCUT2D eigenvalue weighted by molar-refractivity contribution is 5.85. The van der Waals surface area contributed by atoms with E-state index in [2.05, 4.69) is 10.2 Å². The van der Waals surface area contributed by atoms with E-state index in [-0.39, 0.29) is 42.6 Å². The van der Waals surface area contributed by atoms with E-state index in [0.29, 0.717) is 0 Å². The van der Waals surface area contributed by atoms with Gasteiger partial charge in [-0.2, -0.15) is 0 Å². The van der Waals surface area contributed by atoms with Gasteiger partial charge in [0.2, 0.25) is 5.91 Å². The van der Waals surface area contributed by atoms with Crippen molar-refractivity contribution in [3.05, 3.63) is 35.6 Å². The second-order valence-electron chi connectivity index (χ2n) is 6.18. The van der Waals surface area contributed by atoms with Crippen molar-refractivity contribution in [3.8, 4) is 0 Å². The summed E-state index contributed by atoms with van der Waals surface area (Å²) in [5.41, 5.74) is 1.07. The minimum atomic E-state index is -0.213. The first-order valence-electron chi connectivity index (χ1n) is 8.22. The molecule has 1 N–H and O–H groups in total. The fraction of sp³-hybridized carbons (Fsp3) is 0.588. The number of nitrogens with zero attached hydrogens (tertiary/aromatic N) is 2. The number of hydrogen-bond acceptors (Lipinski definition) is 3. The summed E-state index contributed by atoms with van der Waals surface area (Å²) in [6.07, 6.45) is 3.02. The minimum Gasteiger partial charge on any atom is -0.340 e. The van der Waals surface area contributed by atoms with Gasteiger partial charge in [0.25, 0.3) is 0 Å². The lowest BCUT2D eigenvalue weighted by atomic mass is 10.1. The molecule has 2 aliphatic heterocycles. The normalized spacial score (nSPS) is 21.5. The fourth-order valence-corrected chi connectivity index (χ4v) is 3.40. The molecule has 1 unspecified atom stereocenters. The van der Waals surface area contributed by atoms with Crippen molar-refractivity contribution < 1.29 is 9.18 Å². The van der Waals surface area contributed by atoms with Gasteiger partial charge in [-0.1, -0.05) is 12.1 Å². The number of benzene rings is 1. The van der Waals surface area contributed by atoms with Crippen LogP contribution in [0.5, 0.6) is 0 Å². The van der Waals surface area contributed by atoms with Gasteiger partial charge in [-0.25, -0.2) is 4.39 Å². The smallest absolute Gasteiger partial charge is 0.239 e. The summed E-state index contributed by atoms with van der Waals surface area (Å²) in [6, 6.07) is 6.59. The lowest BCUT2D eigenvalue weighted by Crippen LogP contribution is -2.46. The van der Waals surface area contributed by atoms with E-state index in [0.717, 1.165) is 64.1 Å². The summed E-state index contributed by atoms with van der Waals surface area (Å²) < 4.78 is 13.0. The van der Waals surface area contributed by atoms with Gasteiger partial charge in [-0.3, -0.25) is 9.69 Å². The maximum Gasteiger partial charge on any atom is 0.239 e. The number of halogens is 3. The zero-order valence-electron chi connectivity index (χ0n) is 13.7. The number of carbonyl (C=O) groups is 1. The van der Waals surface area contributed by atoms with Crippen molar-refractivity contribution in [3.63, 3.8) is 0 Å². The highest BCUT2D eigenvalue weighted by Gasteiger charge is 2.33. The van der Waals surface area contributed by atoms with Crippen LogP contribution in [0.3, 0.4) is 0 Å². The molecule has 0 radical (unpaired) electrons. The van der Waals surface area contributed by atoms with Gasteiger partial charge in [0.05, 0.1) is 6.04 Å². The average Bonchev–Trinajstić information content (AvgIpc) is 2.81. The van der Waals surface area contributed by atoms with Crippen molar-refractivity contribution in [1.29, 1.82) is 0 Å². The van der Waals surface area contributed by atoms with Crippen LogP contribution in [0.25, 0.3) is 0 Å². The molecular weight excluding hydrogens is 352 g/mol. The van der Waals surface area contributed by atoms with Gasteiger partial charge in [-0.05, 0) is 50.0 Å². The summed E-state index contributed by atoms with van der Waals surface area (Å²) in [7, 11) is 0. The molecule has 0 bridgehead atoms. The molecule has 7 heteroatoms. The Morgan fingerprint density at radius 1 is 1.08 bits per heavy atom. The zero-order valence-corrected chi connectivity index (χ0v) is 15.4. The number of nitrogens with one attached hydrogen (secondary N) is 1. The molecule has 4 nitrogen and oxygen atoms in total. The van der Waals surface area contributed by atoms with Crippen molar-refractivity contribution in [2.45, 2.75) is 31.8 Å². The monoisotopic (exact) mass is 377 g/mol. The molecule has 0 saturated carbocycles. The third-order valence-electron chi connectivity index (χ3n) is 4.60. The third kappa shape index (κ3) is 5.31. The lowest BCUT2D eigenvalue weighted by molar-refractivity contribution is -0.136. The van der Waals surface area contributed by atoms with Crippen molar-refractivity contribution >= 4 is 30.7 Å². The van der Waals surface area contributed by atoms with E-state index < -0.39 is 0 Å². The molecule has 2 heterocycles. The van der Waals surface area contributed by atoms with Gasteiger partial charge < -0.3 is 10.2 Å². The van der Waals surface area contributed by atoms with Gasteiger partial charge >= 0.3 is 0 Å². The Bertz CT molecular complexity index is 507. The largest absolute Gasteiger partial charge is 0.340 e. The second kappa shape index (κ2) is 10.2. The van der Waals surface area contributed by atoms with Crippen molar-refractivity contribution in [2.75, 3.05) is 32.7 Å². The highest BCUT2D eigenvalue weighted by Crippen LogP contribution is 2.22. The SMILES string of the molecule is Cl.Cl.O=C(C1CCCN1Cc1ccc(F)cc1)N1CCCNCC1. The van der Waals surface area contributed by atoms with Crippen molar-refractivity contribution in [2.24, 2.45) is 0 Å². The second-order valence-corrected chi connectivity index (χ2v) is 6.18. The molecular formula is C17H26Cl2FN3O. The van der Waals surface area contributed by atoms with Gasteiger partial charge in [0.1, 0.15) is 5.82 Å². The van der Waals surface area contributed by atoms with E-state index in [9.17, 15) is 9.18 Å². The summed E-state index contributed by atoms with van der Waals surface area (Å²) in [4.78, 5) is 17.1. The number of likely N-dealkylation sites (tertiary alicyclic amines) is 1. The average molecular weight is 378 g/mol. The van der Waals surface area contributed by atoms with Gasteiger partial charge in [0, 0.05) is 26.2 Å². The van der Waals surface area contributed by atoms with E-state index in [1.54, 1.807) is 0 Å². The predicted molar refractivity (Wildman–Crippen MR) is 98.4 cm³/mol. The fourth-order valence-electron chi connectivity index (χ4n) is 3.40.